The van der Waals surface area contributed by atoms with Gasteiger partial charge >= 0.3 is 5.97 Å². The first kappa shape index (κ1) is 14.0. The Labute approximate surface area is 105 Å². The van der Waals surface area contributed by atoms with Crippen LogP contribution in [0.5, 0.6) is 0 Å². The van der Waals surface area contributed by atoms with E-state index >= 15 is 0 Å². The highest BCUT2D eigenvalue weighted by Crippen LogP contribution is 2.23. The van der Waals surface area contributed by atoms with Crippen molar-refractivity contribution in [2.75, 3.05) is 11.9 Å². The summed E-state index contributed by atoms with van der Waals surface area (Å²) in [6.07, 6.45) is 0. The van der Waals surface area contributed by atoms with Gasteiger partial charge in [-0.1, -0.05) is 20.8 Å². The van der Waals surface area contributed by atoms with Gasteiger partial charge in [-0.3, -0.25) is 10.1 Å². The van der Waals surface area contributed by atoms with Crippen LogP contribution < -0.4 is 5.32 Å². The molecular formula is C12H16N2O4. The van der Waals surface area contributed by atoms with Crippen molar-refractivity contribution in [3.63, 3.8) is 0 Å². The Kier molecular flexibility index (Phi) is 3.90. The van der Waals surface area contributed by atoms with Crippen molar-refractivity contribution >= 4 is 17.3 Å². The molecule has 0 bridgehead atoms. The van der Waals surface area contributed by atoms with E-state index in [1.807, 2.05) is 20.8 Å². The van der Waals surface area contributed by atoms with Gasteiger partial charge in [0.25, 0.3) is 5.69 Å². The summed E-state index contributed by atoms with van der Waals surface area (Å²) in [5.41, 5.74) is -0.110. The largest absolute Gasteiger partial charge is 0.477 e. The molecule has 0 atom stereocenters. The Morgan fingerprint density at radius 1 is 1.44 bits per heavy atom. The number of nitrogens with zero attached hydrogens (tertiary/aromatic N) is 1. The number of carbonyl (C=O) groups is 1. The fraction of sp³-hybridized carbons (Fsp3) is 0.417. The van der Waals surface area contributed by atoms with E-state index in [1.165, 1.54) is 18.2 Å². The van der Waals surface area contributed by atoms with E-state index in [1.54, 1.807) is 0 Å². The van der Waals surface area contributed by atoms with Crippen molar-refractivity contribution in [3.05, 3.63) is 33.9 Å². The van der Waals surface area contributed by atoms with Crippen LogP contribution in [-0.2, 0) is 0 Å². The molecule has 0 unspecified atom stereocenters. The third kappa shape index (κ3) is 3.73. The summed E-state index contributed by atoms with van der Waals surface area (Å²) in [6.45, 7) is 6.74. The standard InChI is InChI=1S/C12H16N2O4/c1-12(2,3)7-13-8-4-5-10(14(17)18)9(6-8)11(15)16/h4-6,13H,7H2,1-3H3,(H,15,16). The van der Waals surface area contributed by atoms with Crippen molar-refractivity contribution in [2.45, 2.75) is 20.8 Å². The zero-order valence-corrected chi connectivity index (χ0v) is 10.6. The molecule has 0 saturated carbocycles. The maximum atomic E-state index is 10.9. The van der Waals surface area contributed by atoms with Gasteiger partial charge in [-0.05, 0) is 17.5 Å². The minimum atomic E-state index is -1.30. The second kappa shape index (κ2) is 5.03. The van der Waals surface area contributed by atoms with Gasteiger partial charge in [0.05, 0.1) is 4.92 Å². The molecule has 2 N–H and O–H groups in total. The van der Waals surface area contributed by atoms with Crippen LogP contribution in [0.4, 0.5) is 11.4 Å². The van der Waals surface area contributed by atoms with Crippen LogP contribution in [0.2, 0.25) is 0 Å². The molecule has 6 nitrogen and oxygen atoms in total. The maximum Gasteiger partial charge on any atom is 0.342 e. The summed E-state index contributed by atoms with van der Waals surface area (Å²) in [5, 5.41) is 22.7. The van der Waals surface area contributed by atoms with Gasteiger partial charge < -0.3 is 10.4 Å². The number of benzene rings is 1. The van der Waals surface area contributed by atoms with E-state index in [0.717, 1.165) is 0 Å². The summed E-state index contributed by atoms with van der Waals surface area (Å²) in [4.78, 5) is 20.9. The maximum absolute atomic E-state index is 10.9. The van der Waals surface area contributed by atoms with Gasteiger partial charge in [-0.15, -0.1) is 0 Å². The second-order valence-corrected chi connectivity index (χ2v) is 5.21. The van der Waals surface area contributed by atoms with Crippen molar-refractivity contribution < 1.29 is 14.8 Å². The van der Waals surface area contributed by atoms with E-state index in [4.69, 9.17) is 5.11 Å². The molecule has 1 aromatic rings. The molecule has 1 rings (SSSR count). The van der Waals surface area contributed by atoms with Crippen molar-refractivity contribution in [1.29, 1.82) is 0 Å². The molecule has 0 aliphatic carbocycles. The number of anilines is 1. The van der Waals surface area contributed by atoms with Crippen molar-refractivity contribution in [1.82, 2.24) is 0 Å². The number of aromatic carboxylic acids is 1. The lowest BCUT2D eigenvalue weighted by molar-refractivity contribution is -0.385. The molecule has 98 valence electrons. The number of nitro benzene ring substituents is 1. The van der Waals surface area contributed by atoms with Crippen molar-refractivity contribution in [3.8, 4) is 0 Å². The molecule has 0 aromatic heterocycles. The number of carboxylic acids is 1. The van der Waals surface area contributed by atoms with Gasteiger partial charge in [-0.2, -0.15) is 0 Å². The molecule has 0 amide bonds. The quantitative estimate of drug-likeness (QED) is 0.635. The van der Waals surface area contributed by atoms with E-state index in [9.17, 15) is 14.9 Å². The highest BCUT2D eigenvalue weighted by molar-refractivity contribution is 5.93. The summed E-state index contributed by atoms with van der Waals surface area (Å²) >= 11 is 0. The lowest BCUT2D eigenvalue weighted by atomic mass is 9.97. The SMILES string of the molecule is CC(C)(C)CNc1ccc([N+](=O)[O-])c(C(=O)O)c1. The Hall–Kier alpha value is -2.11. The second-order valence-electron chi connectivity index (χ2n) is 5.21. The van der Waals surface area contributed by atoms with Crippen LogP contribution in [0.1, 0.15) is 31.1 Å². The highest BCUT2D eigenvalue weighted by Gasteiger charge is 2.20. The predicted molar refractivity (Wildman–Crippen MR) is 68.0 cm³/mol. The third-order valence-corrected chi connectivity index (χ3v) is 2.25. The normalized spacial score (nSPS) is 11.1. The molecule has 0 radical (unpaired) electrons. The van der Waals surface area contributed by atoms with Crippen LogP contribution in [0, 0.1) is 15.5 Å². The Morgan fingerprint density at radius 3 is 2.50 bits per heavy atom. The molecule has 0 spiro atoms. The summed E-state index contributed by atoms with van der Waals surface area (Å²) in [5.74, 6) is -1.30. The zero-order chi connectivity index (χ0) is 13.9. The van der Waals surface area contributed by atoms with E-state index in [2.05, 4.69) is 5.32 Å². The smallest absolute Gasteiger partial charge is 0.342 e. The van der Waals surface area contributed by atoms with E-state index in [0.29, 0.717) is 12.2 Å². The molecule has 0 aliphatic rings. The molecular weight excluding hydrogens is 236 g/mol. The molecule has 0 aliphatic heterocycles. The molecule has 1 aromatic carbocycles. The molecule has 6 heteroatoms. The Morgan fingerprint density at radius 2 is 2.06 bits per heavy atom. The van der Waals surface area contributed by atoms with E-state index in [-0.39, 0.29) is 11.0 Å². The van der Waals surface area contributed by atoms with Gasteiger partial charge in [0.15, 0.2) is 0 Å². The van der Waals surface area contributed by atoms with Gasteiger partial charge in [0.2, 0.25) is 0 Å². The number of rotatable bonds is 4. The summed E-state index contributed by atoms with van der Waals surface area (Å²) < 4.78 is 0. The fourth-order valence-electron chi connectivity index (χ4n) is 1.34. The minimum absolute atomic E-state index is 0.0329. The third-order valence-electron chi connectivity index (χ3n) is 2.25. The molecule has 0 saturated heterocycles. The van der Waals surface area contributed by atoms with Gasteiger partial charge in [0, 0.05) is 18.3 Å². The molecule has 0 fully saturated rings. The average molecular weight is 252 g/mol. The zero-order valence-electron chi connectivity index (χ0n) is 10.6. The fourth-order valence-corrected chi connectivity index (χ4v) is 1.34. The first-order valence-electron chi connectivity index (χ1n) is 5.46. The Balaban J connectivity index is 3.01. The van der Waals surface area contributed by atoms with Crippen LogP contribution in [0.15, 0.2) is 18.2 Å². The lowest BCUT2D eigenvalue weighted by Gasteiger charge is -2.19. The Bertz CT molecular complexity index is 477. The highest BCUT2D eigenvalue weighted by atomic mass is 16.6. The number of nitrogens with one attached hydrogen (secondary N) is 1. The number of nitro groups is 1. The average Bonchev–Trinajstić information content (AvgIpc) is 2.24. The molecule has 0 heterocycles. The molecule has 18 heavy (non-hydrogen) atoms. The summed E-state index contributed by atoms with van der Waals surface area (Å²) in [7, 11) is 0. The monoisotopic (exact) mass is 252 g/mol. The van der Waals surface area contributed by atoms with Crippen molar-refractivity contribution in [2.24, 2.45) is 5.41 Å². The van der Waals surface area contributed by atoms with Crippen LogP contribution in [0.25, 0.3) is 0 Å². The van der Waals surface area contributed by atoms with E-state index < -0.39 is 16.6 Å². The first-order valence-corrected chi connectivity index (χ1v) is 5.46. The van der Waals surface area contributed by atoms with Crippen LogP contribution in [0.3, 0.4) is 0 Å². The number of carboxylic acid groups (broad SMARTS) is 1. The lowest BCUT2D eigenvalue weighted by Crippen LogP contribution is -2.19. The van der Waals surface area contributed by atoms with Gasteiger partial charge in [-0.25, -0.2) is 4.79 Å². The summed E-state index contributed by atoms with van der Waals surface area (Å²) in [6, 6.07) is 4.00. The minimum Gasteiger partial charge on any atom is -0.477 e. The van der Waals surface area contributed by atoms with Gasteiger partial charge in [0.1, 0.15) is 5.56 Å². The van der Waals surface area contributed by atoms with Crippen LogP contribution in [-0.4, -0.2) is 22.5 Å². The van der Waals surface area contributed by atoms with Crippen LogP contribution >= 0.6 is 0 Å². The first-order chi connectivity index (χ1) is 8.20. The number of hydrogen-bond acceptors (Lipinski definition) is 4. The number of hydrogen-bond donors (Lipinski definition) is 2. The predicted octanol–water partition coefficient (Wildman–Crippen LogP) is 2.75. The topological polar surface area (TPSA) is 92.5 Å².